The summed E-state index contributed by atoms with van der Waals surface area (Å²) in [5, 5.41) is 15.0. The first-order valence-corrected chi connectivity index (χ1v) is 9.49. The number of amides is 1. The first-order chi connectivity index (χ1) is 15.4. The molecule has 0 saturated heterocycles. The highest BCUT2D eigenvalue weighted by atomic mass is 35.5. The van der Waals surface area contributed by atoms with Crippen molar-refractivity contribution in [2.45, 2.75) is 0 Å². The Morgan fingerprint density at radius 1 is 1.00 bits per heavy atom. The summed E-state index contributed by atoms with van der Waals surface area (Å²) in [6.45, 7) is 0. The smallest absolute Gasteiger partial charge is 0.343 e. The Labute approximate surface area is 187 Å². The lowest BCUT2D eigenvalue weighted by molar-refractivity contribution is -0.384. The molecule has 32 heavy (non-hydrogen) atoms. The second-order valence-corrected chi connectivity index (χ2v) is 6.75. The maximum absolute atomic E-state index is 12.3. The molecule has 0 bridgehead atoms. The number of hydrazone groups is 1. The normalized spacial score (nSPS) is 10.6. The molecule has 0 spiro atoms. The van der Waals surface area contributed by atoms with Gasteiger partial charge < -0.3 is 9.47 Å². The van der Waals surface area contributed by atoms with Gasteiger partial charge in [0.25, 0.3) is 11.6 Å². The number of esters is 1. The van der Waals surface area contributed by atoms with Gasteiger partial charge in [-0.2, -0.15) is 5.10 Å². The van der Waals surface area contributed by atoms with Gasteiger partial charge in [-0.05, 0) is 60.2 Å². The maximum Gasteiger partial charge on any atom is 0.343 e. The molecular formula is C22H16ClN3O6. The van der Waals surface area contributed by atoms with Crippen LogP contribution in [0.15, 0.2) is 71.8 Å². The van der Waals surface area contributed by atoms with Crippen molar-refractivity contribution in [3.8, 4) is 11.5 Å². The second kappa shape index (κ2) is 10.2. The summed E-state index contributed by atoms with van der Waals surface area (Å²) in [6, 6.07) is 16.1. The maximum atomic E-state index is 12.3. The molecule has 0 aliphatic rings. The highest BCUT2D eigenvalue weighted by molar-refractivity contribution is 6.30. The van der Waals surface area contributed by atoms with Crippen LogP contribution in [0.2, 0.25) is 5.02 Å². The molecule has 10 heteroatoms. The first kappa shape index (κ1) is 22.4. The zero-order valence-electron chi connectivity index (χ0n) is 16.7. The number of carbonyl (C=O) groups is 2. The van der Waals surface area contributed by atoms with Gasteiger partial charge in [0.1, 0.15) is 0 Å². The highest BCUT2D eigenvalue weighted by Crippen LogP contribution is 2.28. The summed E-state index contributed by atoms with van der Waals surface area (Å²) in [5.41, 5.74) is 3.33. The van der Waals surface area contributed by atoms with E-state index >= 15 is 0 Å². The van der Waals surface area contributed by atoms with Gasteiger partial charge in [-0.1, -0.05) is 11.6 Å². The number of hydrogen-bond acceptors (Lipinski definition) is 7. The molecule has 3 aromatic carbocycles. The van der Waals surface area contributed by atoms with Crippen LogP contribution in [0.3, 0.4) is 0 Å². The van der Waals surface area contributed by atoms with Gasteiger partial charge in [0.2, 0.25) is 0 Å². The number of nitrogens with one attached hydrogen (secondary N) is 1. The summed E-state index contributed by atoms with van der Waals surface area (Å²) in [6.07, 6.45) is 1.37. The molecule has 0 atom stereocenters. The lowest BCUT2D eigenvalue weighted by atomic mass is 10.2. The molecule has 0 fully saturated rings. The molecule has 0 aromatic heterocycles. The van der Waals surface area contributed by atoms with Gasteiger partial charge in [-0.3, -0.25) is 14.9 Å². The molecule has 0 aliphatic heterocycles. The summed E-state index contributed by atoms with van der Waals surface area (Å²) in [7, 11) is 1.42. The molecule has 3 aromatic rings. The SMILES string of the molecule is COc1cc(/C=N/NC(=O)c2ccc([N+](=O)[O-])cc2)ccc1OC(=O)c1ccc(Cl)cc1. The van der Waals surface area contributed by atoms with E-state index in [2.05, 4.69) is 10.5 Å². The van der Waals surface area contributed by atoms with Crippen molar-refractivity contribution < 1.29 is 24.0 Å². The standard InChI is InChI=1S/C22H16ClN3O6/c1-31-20-12-14(2-11-19(20)32-22(28)16-3-7-17(23)8-4-16)13-24-25-21(27)15-5-9-18(10-6-15)26(29)30/h2-13H,1H3,(H,25,27)/b24-13+. The largest absolute Gasteiger partial charge is 0.493 e. The van der Waals surface area contributed by atoms with E-state index in [1.54, 1.807) is 36.4 Å². The monoisotopic (exact) mass is 453 g/mol. The summed E-state index contributed by atoms with van der Waals surface area (Å²) >= 11 is 5.82. The van der Waals surface area contributed by atoms with Crippen molar-refractivity contribution in [2.75, 3.05) is 7.11 Å². The second-order valence-electron chi connectivity index (χ2n) is 6.31. The molecule has 1 amide bonds. The molecule has 1 N–H and O–H groups in total. The quantitative estimate of drug-likeness (QED) is 0.188. The summed E-state index contributed by atoms with van der Waals surface area (Å²) < 4.78 is 10.6. The number of nitro groups is 1. The summed E-state index contributed by atoms with van der Waals surface area (Å²) in [4.78, 5) is 34.5. The number of nitrogens with zero attached hydrogens (tertiary/aromatic N) is 2. The number of rotatable bonds is 7. The zero-order chi connectivity index (χ0) is 23.1. The minimum Gasteiger partial charge on any atom is -0.493 e. The summed E-state index contributed by atoms with van der Waals surface area (Å²) in [5.74, 6) is -0.606. The number of hydrogen-bond donors (Lipinski definition) is 1. The van der Waals surface area contributed by atoms with E-state index in [9.17, 15) is 19.7 Å². The predicted molar refractivity (Wildman–Crippen MR) is 118 cm³/mol. The van der Waals surface area contributed by atoms with Crippen molar-refractivity contribution in [3.63, 3.8) is 0 Å². The number of halogens is 1. The average Bonchev–Trinajstić information content (AvgIpc) is 2.80. The predicted octanol–water partition coefficient (Wildman–Crippen LogP) is 4.24. The number of carbonyl (C=O) groups excluding carboxylic acids is 2. The van der Waals surface area contributed by atoms with Crippen LogP contribution in [0.5, 0.6) is 11.5 Å². The Balaban J connectivity index is 1.65. The van der Waals surface area contributed by atoms with Crippen LogP contribution in [0, 0.1) is 10.1 Å². The fourth-order valence-corrected chi connectivity index (χ4v) is 2.68. The van der Waals surface area contributed by atoms with Crippen molar-refractivity contribution in [2.24, 2.45) is 5.10 Å². The van der Waals surface area contributed by atoms with E-state index in [4.69, 9.17) is 21.1 Å². The fourth-order valence-electron chi connectivity index (χ4n) is 2.56. The van der Waals surface area contributed by atoms with E-state index in [0.717, 1.165) is 0 Å². The van der Waals surface area contributed by atoms with Crippen LogP contribution in [0.1, 0.15) is 26.3 Å². The van der Waals surface area contributed by atoms with Gasteiger partial charge in [0, 0.05) is 22.7 Å². The lowest BCUT2D eigenvalue weighted by Gasteiger charge is -2.10. The van der Waals surface area contributed by atoms with Crippen LogP contribution in [-0.2, 0) is 0 Å². The fraction of sp³-hybridized carbons (Fsp3) is 0.0455. The van der Waals surface area contributed by atoms with Crippen LogP contribution in [0.4, 0.5) is 5.69 Å². The zero-order valence-corrected chi connectivity index (χ0v) is 17.4. The molecule has 3 rings (SSSR count). The van der Waals surface area contributed by atoms with E-state index < -0.39 is 16.8 Å². The Morgan fingerprint density at radius 2 is 1.66 bits per heavy atom. The van der Waals surface area contributed by atoms with E-state index in [1.165, 1.54) is 43.7 Å². The van der Waals surface area contributed by atoms with Gasteiger partial charge in [0.05, 0.1) is 23.8 Å². The third-order valence-electron chi connectivity index (χ3n) is 4.19. The lowest BCUT2D eigenvalue weighted by Crippen LogP contribution is -2.17. The van der Waals surface area contributed by atoms with E-state index in [-0.39, 0.29) is 22.7 Å². The molecule has 0 unspecified atom stereocenters. The number of nitro benzene ring substituents is 1. The topological polar surface area (TPSA) is 120 Å². The molecular weight excluding hydrogens is 438 g/mol. The van der Waals surface area contributed by atoms with Gasteiger partial charge in [-0.15, -0.1) is 0 Å². The van der Waals surface area contributed by atoms with Crippen LogP contribution >= 0.6 is 11.6 Å². The molecule has 162 valence electrons. The van der Waals surface area contributed by atoms with Crippen molar-refractivity contribution in [1.29, 1.82) is 0 Å². The molecule has 0 aliphatic carbocycles. The van der Waals surface area contributed by atoms with Crippen LogP contribution in [0.25, 0.3) is 0 Å². The molecule has 0 saturated carbocycles. The van der Waals surface area contributed by atoms with Crippen LogP contribution < -0.4 is 14.9 Å². The molecule has 0 radical (unpaired) electrons. The average molecular weight is 454 g/mol. The van der Waals surface area contributed by atoms with Gasteiger partial charge in [-0.25, -0.2) is 10.2 Å². The number of non-ortho nitro benzene ring substituents is 1. The van der Waals surface area contributed by atoms with Crippen molar-refractivity contribution in [1.82, 2.24) is 5.43 Å². The number of ether oxygens (including phenoxy) is 2. The third kappa shape index (κ3) is 5.67. The first-order valence-electron chi connectivity index (χ1n) is 9.11. The molecule has 9 nitrogen and oxygen atoms in total. The van der Waals surface area contributed by atoms with Crippen molar-refractivity contribution >= 4 is 35.4 Å². The minimum absolute atomic E-state index is 0.117. The van der Waals surface area contributed by atoms with Gasteiger partial charge in [0.15, 0.2) is 11.5 Å². The van der Waals surface area contributed by atoms with Gasteiger partial charge >= 0.3 is 5.97 Å². The highest BCUT2D eigenvalue weighted by Gasteiger charge is 2.13. The van der Waals surface area contributed by atoms with E-state index in [0.29, 0.717) is 16.1 Å². The van der Waals surface area contributed by atoms with Crippen LogP contribution in [-0.4, -0.2) is 30.1 Å². The Hall–Kier alpha value is -4.24. The Kier molecular flexibility index (Phi) is 7.14. The minimum atomic E-state index is -0.572. The third-order valence-corrected chi connectivity index (χ3v) is 4.44. The van der Waals surface area contributed by atoms with Crippen molar-refractivity contribution in [3.05, 3.63) is 98.6 Å². The number of benzene rings is 3. The Morgan fingerprint density at radius 3 is 2.28 bits per heavy atom. The Bertz CT molecular complexity index is 1180. The van der Waals surface area contributed by atoms with E-state index in [1.807, 2.05) is 0 Å². The number of methoxy groups -OCH3 is 1. The molecule has 0 heterocycles.